The Bertz CT molecular complexity index is 366. The molecule has 0 radical (unpaired) electrons. The second-order valence-electron chi connectivity index (χ2n) is 4.05. The lowest BCUT2D eigenvalue weighted by Gasteiger charge is -2.14. The highest BCUT2D eigenvalue weighted by Gasteiger charge is 2.10. The number of anilines is 1. The molecule has 1 atom stereocenters. The van der Waals surface area contributed by atoms with E-state index in [1.165, 1.54) is 5.56 Å². The van der Waals surface area contributed by atoms with E-state index in [2.05, 4.69) is 5.32 Å². The largest absolute Gasteiger partial charge is 0.324 e. The summed E-state index contributed by atoms with van der Waals surface area (Å²) in [6, 6.07) is 3.61. The Kier molecular flexibility index (Phi) is 5.48. The van der Waals surface area contributed by atoms with Gasteiger partial charge in [0.1, 0.15) is 0 Å². The SMILES string of the molecule is Cc1cc(C)c(NC(=O)[C@@H](C)N)c(C)c1.Cl. The van der Waals surface area contributed by atoms with Gasteiger partial charge in [-0.15, -0.1) is 12.4 Å². The minimum Gasteiger partial charge on any atom is -0.324 e. The first kappa shape index (κ1) is 14.9. The summed E-state index contributed by atoms with van der Waals surface area (Å²) >= 11 is 0. The lowest BCUT2D eigenvalue weighted by atomic mass is 10.0. The third-order valence-electron chi connectivity index (χ3n) is 2.34. The van der Waals surface area contributed by atoms with Crippen LogP contribution in [0.5, 0.6) is 0 Å². The van der Waals surface area contributed by atoms with Crippen LogP contribution in [0, 0.1) is 20.8 Å². The molecule has 0 saturated carbocycles. The van der Waals surface area contributed by atoms with Crippen LogP contribution >= 0.6 is 12.4 Å². The van der Waals surface area contributed by atoms with E-state index in [-0.39, 0.29) is 18.3 Å². The number of hydrogen-bond acceptors (Lipinski definition) is 2. The summed E-state index contributed by atoms with van der Waals surface area (Å²) in [7, 11) is 0. The average Bonchev–Trinajstić information content (AvgIpc) is 2.10. The monoisotopic (exact) mass is 242 g/mol. The van der Waals surface area contributed by atoms with Gasteiger partial charge in [0.2, 0.25) is 5.91 Å². The summed E-state index contributed by atoms with van der Waals surface area (Å²) < 4.78 is 0. The van der Waals surface area contributed by atoms with Gasteiger partial charge in [0, 0.05) is 5.69 Å². The van der Waals surface area contributed by atoms with E-state index in [9.17, 15) is 4.79 Å². The van der Waals surface area contributed by atoms with Crippen molar-refractivity contribution < 1.29 is 4.79 Å². The van der Waals surface area contributed by atoms with Gasteiger partial charge in [0.25, 0.3) is 0 Å². The highest BCUT2D eigenvalue weighted by atomic mass is 35.5. The topological polar surface area (TPSA) is 55.1 Å². The zero-order valence-electron chi connectivity index (χ0n) is 10.1. The van der Waals surface area contributed by atoms with Gasteiger partial charge in [-0.2, -0.15) is 0 Å². The maximum absolute atomic E-state index is 11.5. The Morgan fingerprint density at radius 2 is 1.69 bits per heavy atom. The van der Waals surface area contributed by atoms with Crippen molar-refractivity contribution in [3.8, 4) is 0 Å². The fourth-order valence-electron chi connectivity index (χ4n) is 1.61. The molecule has 1 aromatic carbocycles. The van der Waals surface area contributed by atoms with E-state index in [0.29, 0.717) is 0 Å². The molecule has 0 unspecified atom stereocenters. The quantitative estimate of drug-likeness (QED) is 0.836. The van der Waals surface area contributed by atoms with Gasteiger partial charge in [0.15, 0.2) is 0 Å². The van der Waals surface area contributed by atoms with Crippen LogP contribution in [0.25, 0.3) is 0 Å². The molecule has 4 heteroatoms. The van der Waals surface area contributed by atoms with E-state index in [1.807, 2.05) is 32.9 Å². The van der Waals surface area contributed by atoms with Crippen LogP contribution in [0.3, 0.4) is 0 Å². The molecule has 0 bridgehead atoms. The Labute approximate surface area is 103 Å². The number of nitrogens with one attached hydrogen (secondary N) is 1. The first-order valence-corrected chi connectivity index (χ1v) is 5.06. The third-order valence-corrected chi connectivity index (χ3v) is 2.34. The normalized spacial score (nSPS) is 11.6. The van der Waals surface area contributed by atoms with Crippen LogP contribution in [0.4, 0.5) is 5.69 Å². The van der Waals surface area contributed by atoms with E-state index >= 15 is 0 Å². The Balaban J connectivity index is 0.00000225. The first-order valence-electron chi connectivity index (χ1n) is 5.06. The van der Waals surface area contributed by atoms with E-state index in [4.69, 9.17) is 5.73 Å². The summed E-state index contributed by atoms with van der Waals surface area (Å²) in [4.78, 5) is 11.5. The molecule has 90 valence electrons. The van der Waals surface area contributed by atoms with Gasteiger partial charge < -0.3 is 11.1 Å². The maximum Gasteiger partial charge on any atom is 0.241 e. The van der Waals surface area contributed by atoms with Crippen LogP contribution in [0.15, 0.2) is 12.1 Å². The van der Waals surface area contributed by atoms with Crippen LogP contribution < -0.4 is 11.1 Å². The highest BCUT2D eigenvalue weighted by Crippen LogP contribution is 2.21. The molecule has 0 saturated heterocycles. The molecule has 0 aliphatic heterocycles. The summed E-state index contributed by atoms with van der Waals surface area (Å²) in [6.45, 7) is 7.68. The molecule has 0 heterocycles. The van der Waals surface area contributed by atoms with Gasteiger partial charge in [-0.1, -0.05) is 17.7 Å². The van der Waals surface area contributed by atoms with Crippen molar-refractivity contribution in [1.82, 2.24) is 0 Å². The van der Waals surface area contributed by atoms with E-state index in [0.717, 1.165) is 16.8 Å². The molecule has 0 fully saturated rings. The predicted molar refractivity (Wildman–Crippen MR) is 70.2 cm³/mol. The highest BCUT2D eigenvalue weighted by molar-refractivity contribution is 5.95. The Hall–Kier alpha value is -1.06. The van der Waals surface area contributed by atoms with Gasteiger partial charge in [-0.05, 0) is 38.8 Å². The number of rotatable bonds is 2. The number of carbonyl (C=O) groups is 1. The molecule has 16 heavy (non-hydrogen) atoms. The molecule has 0 aromatic heterocycles. The number of halogens is 1. The molecular weight excluding hydrogens is 224 g/mol. The minimum atomic E-state index is -0.481. The molecular formula is C12H19ClN2O. The van der Waals surface area contributed by atoms with Crippen molar-refractivity contribution in [2.24, 2.45) is 5.73 Å². The lowest BCUT2D eigenvalue weighted by Crippen LogP contribution is -2.32. The van der Waals surface area contributed by atoms with Crippen molar-refractivity contribution in [3.05, 3.63) is 28.8 Å². The summed E-state index contributed by atoms with van der Waals surface area (Å²) in [5.41, 5.74) is 9.72. The fourth-order valence-corrected chi connectivity index (χ4v) is 1.61. The number of benzene rings is 1. The number of aryl methyl sites for hydroxylation is 3. The number of nitrogens with two attached hydrogens (primary N) is 1. The smallest absolute Gasteiger partial charge is 0.241 e. The molecule has 0 aliphatic carbocycles. The molecule has 1 amide bonds. The lowest BCUT2D eigenvalue weighted by molar-refractivity contribution is -0.117. The number of amides is 1. The van der Waals surface area contributed by atoms with Crippen LogP contribution in [0.1, 0.15) is 23.6 Å². The number of hydrogen-bond donors (Lipinski definition) is 2. The first-order chi connectivity index (χ1) is 6.91. The van der Waals surface area contributed by atoms with Crippen molar-refractivity contribution >= 4 is 24.0 Å². The van der Waals surface area contributed by atoms with Crippen LogP contribution in [0.2, 0.25) is 0 Å². The fraction of sp³-hybridized carbons (Fsp3) is 0.417. The average molecular weight is 243 g/mol. The van der Waals surface area contributed by atoms with Gasteiger partial charge in [-0.3, -0.25) is 4.79 Å². The van der Waals surface area contributed by atoms with Crippen LogP contribution in [-0.2, 0) is 4.79 Å². The molecule has 0 spiro atoms. The second kappa shape index (κ2) is 5.87. The number of carbonyl (C=O) groups excluding carboxylic acids is 1. The molecule has 1 rings (SSSR count). The summed E-state index contributed by atoms with van der Waals surface area (Å²) in [5.74, 6) is -0.148. The Morgan fingerprint density at radius 3 is 2.06 bits per heavy atom. The van der Waals surface area contributed by atoms with E-state index in [1.54, 1.807) is 6.92 Å². The van der Waals surface area contributed by atoms with Crippen molar-refractivity contribution in [1.29, 1.82) is 0 Å². The second-order valence-corrected chi connectivity index (χ2v) is 4.05. The molecule has 0 aliphatic rings. The summed E-state index contributed by atoms with van der Waals surface area (Å²) in [5, 5.41) is 2.84. The minimum absolute atomic E-state index is 0. The zero-order valence-corrected chi connectivity index (χ0v) is 10.9. The maximum atomic E-state index is 11.5. The molecule has 3 nitrogen and oxygen atoms in total. The van der Waals surface area contributed by atoms with Crippen molar-refractivity contribution in [3.63, 3.8) is 0 Å². The molecule has 3 N–H and O–H groups in total. The predicted octanol–water partition coefficient (Wildman–Crippen LogP) is 2.32. The van der Waals surface area contributed by atoms with Gasteiger partial charge in [0.05, 0.1) is 6.04 Å². The standard InChI is InChI=1S/C12H18N2O.ClH/c1-7-5-8(2)11(9(3)6-7)14-12(15)10(4)13;/h5-6,10H,13H2,1-4H3,(H,14,15);1H/t10-;/m1./s1. The van der Waals surface area contributed by atoms with Gasteiger partial charge >= 0.3 is 0 Å². The van der Waals surface area contributed by atoms with Gasteiger partial charge in [-0.25, -0.2) is 0 Å². The van der Waals surface area contributed by atoms with Crippen molar-refractivity contribution in [2.45, 2.75) is 33.7 Å². The van der Waals surface area contributed by atoms with Crippen LogP contribution in [-0.4, -0.2) is 11.9 Å². The third kappa shape index (κ3) is 3.51. The Morgan fingerprint density at radius 1 is 1.25 bits per heavy atom. The summed E-state index contributed by atoms with van der Waals surface area (Å²) in [6.07, 6.45) is 0. The zero-order chi connectivity index (χ0) is 11.6. The molecule has 1 aromatic rings. The van der Waals surface area contributed by atoms with E-state index < -0.39 is 6.04 Å². The van der Waals surface area contributed by atoms with Crippen molar-refractivity contribution in [2.75, 3.05) is 5.32 Å².